The van der Waals surface area contributed by atoms with Crippen molar-refractivity contribution in [2.45, 2.75) is 20.0 Å². The van der Waals surface area contributed by atoms with Gasteiger partial charge in [0.15, 0.2) is 5.65 Å². The van der Waals surface area contributed by atoms with Gasteiger partial charge >= 0.3 is 5.97 Å². The molecule has 0 spiro atoms. The summed E-state index contributed by atoms with van der Waals surface area (Å²) in [7, 11) is 0. The highest BCUT2D eigenvalue weighted by Gasteiger charge is 2.27. The molecule has 32 heavy (non-hydrogen) atoms. The minimum absolute atomic E-state index is 0.281. The zero-order valence-electron chi connectivity index (χ0n) is 17.7. The Kier molecular flexibility index (Phi) is 6.12. The average molecular weight is 430 g/mol. The monoisotopic (exact) mass is 430 g/mol. The summed E-state index contributed by atoms with van der Waals surface area (Å²) in [6.45, 7) is 4.10. The molecule has 0 aliphatic rings. The van der Waals surface area contributed by atoms with Crippen molar-refractivity contribution < 1.29 is 19.1 Å². The fourth-order valence-corrected chi connectivity index (χ4v) is 3.25. The molecule has 1 atom stereocenters. The van der Waals surface area contributed by atoms with Crippen molar-refractivity contribution in [1.82, 2.24) is 14.6 Å². The lowest BCUT2D eigenvalue weighted by Gasteiger charge is -2.19. The number of rotatable bonds is 7. The summed E-state index contributed by atoms with van der Waals surface area (Å²) in [5, 5.41) is 10.8. The summed E-state index contributed by atoms with van der Waals surface area (Å²) in [6, 6.07) is 19.2. The molecule has 162 valence electrons. The van der Waals surface area contributed by atoms with E-state index in [0.717, 1.165) is 0 Å². The van der Waals surface area contributed by atoms with E-state index < -0.39 is 18.0 Å². The Morgan fingerprint density at radius 1 is 1.00 bits per heavy atom. The number of amides is 1. The number of carbonyl (C=O) groups is 2. The first-order valence-electron chi connectivity index (χ1n) is 10.2. The van der Waals surface area contributed by atoms with E-state index in [0.29, 0.717) is 35.1 Å². The van der Waals surface area contributed by atoms with Crippen molar-refractivity contribution in [3.8, 4) is 5.75 Å². The molecule has 0 fully saturated rings. The smallest absolute Gasteiger partial charge is 0.340 e. The first kappa shape index (κ1) is 21.0. The Hall–Kier alpha value is -4.20. The fraction of sp³-hybridized carbons (Fsp3) is 0.167. The summed E-state index contributed by atoms with van der Waals surface area (Å²) in [6.07, 6.45) is 0.438. The number of carbonyl (C=O) groups excluding carboxylic acids is 2. The molecule has 0 aliphatic heterocycles. The largest absolute Gasteiger partial charge is 0.492 e. The Bertz CT molecular complexity index is 1250. The second-order valence-electron chi connectivity index (χ2n) is 7.01. The van der Waals surface area contributed by atoms with Crippen LogP contribution in [0.5, 0.6) is 5.75 Å². The van der Waals surface area contributed by atoms with E-state index in [2.05, 4.69) is 15.5 Å². The number of nitrogens with zero attached hydrogens (tertiary/aromatic N) is 3. The van der Waals surface area contributed by atoms with Gasteiger partial charge in [-0.3, -0.25) is 9.20 Å². The number of benzene rings is 2. The molecule has 0 saturated heterocycles. The first-order chi connectivity index (χ1) is 15.6. The van der Waals surface area contributed by atoms with E-state index in [1.165, 1.54) is 0 Å². The molecule has 0 bridgehead atoms. The van der Waals surface area contributed by atoms with Gasteiger partial charge in [0.25, 0.3) is 5.91 Å². The lowest BCUT2D eigenvalue weighted by molar-refractivity contribution is -0.125. The summed E-state index contributed by atoms with van der Waals surface area (Å²) in [5.41, 5.74) is 1.94. The Balaban J connectivity index is 1.61. The van der Waals surface area contributed by atoms with E-state index in [-0.39, 0.29) is 5.56 Å². The van der Waals surface area contributed by atoms with Crippen LogP contribution in [0, 0.1) is 6.92 Å². The van der Waals surface area contributed by atoms with Crippen molar-refractivity contribution in [2.75, 3.05) is 11.9 Å². The molecule has 1 N–H and O–H groups in total. The van der Waals surface area contributed by atoms with Crippen molar-refractivity contribution in [2.24, 2.45) is 0 Å². The van der Waals surface area contributed by atoms with Crippen LogP contribution in [0.2, 0.25) is 0 Å². The van der Waals surface area contributed by atoms with Gasteiger partial charge in [0.05, 0.1) is 17.9 Å². The van der Waals surface area contributed by atoms with Gasteiger partial charge in [0, 0.05) is 11.8 Å². The molecule has 0 saturated carbocycles. The topological polar surface area (TPSA) is 94.8 Å². The van der Waals surface area contributed by atoms with Gasteiger partial charge in [-0.1, -0.05) is 42.5 Å². The van der Waals surface area contributed by atoms with E-state index in [9.17, 15) is 9.59 Å². The molecule has 0 radical (unpaired) electrons. The molecule has 1 amide bonds. The number of esters is 1. The van der Waals surface area contributed by atoms with Crippen LogP contribution in [0.1, 0.15) is 34.8 Å². The lowest BCUT2D eigenvalue weighted by atomic mass is 10.1. The zero-order chi connectivity index (χ0) is 22.5. The molecular weight excluding hydrogens is 408 g/mol. The molecular formula is C24H22N4O4. The van der Waals surface area contributed by atoms with Crippen molar-refractivity contribution >= 4 is 23.2 Å². The maximum atomic E-state index is 13.2. The van der Waals surface area contributed by atoms with Gasteiger partial charge in [-0.05, 0) is 38.1 Å². The third kappa shape index (κ3) is 4.44. The van der Waals surface area contributed by atoms with Crippen LogP contribution in [0.25, 0.3) is 5.65 Å². The Labute approximate surface area is 184 Å². The Morgan fingerprint density at radius 3 is 2.53 bits per heavy atom. The number of pyridine rings is 1. The van der Waals surface area contributed by atoms with Crippen LogP contribution in [0.4, 0.5) is 5.69 Å². The maximum Gasteiger partial charge on any atom is 0.340 e. The third-order valence-electron chi connectivity index (χ3n) is 4.82. The zero-order valence-corrected chi connectivity index (χ0v) is 17.7. The normalized spacial score (nSPS) is 11.7. The van der Waals surface area contributed by atoms with Gasteiger partial charge < -0.3 is 14.8 Å². The summed E-state index contributed by atoms with van der Waals surface area (Å²) < 4.78 is 12.9. The van der Waals surface area contributed by atoms with Crippen LogP contribution in [0.3, 0.4) is 0 Å². The summed E-state index contributed by atoms with van der Waals surface area (Å²) in [5.74, 6) is 0.0508. The molecule has 8 heteroatoms. The standard InChI is InChI=1S/C24H22N4O4/c1-3-31-20-12-8-7-11-19(20)25-23(29)22(17-9-5-4-6-10-17)32-24(30)18-13-14-21-27-26-16(2)28(21)15-18/h4-15,22H,3H2,1-2H3,(H,25,29). The molecule has 2 aromatic heterocycles. The number of para-hydroxylation sites is 2. The van der Waals surface area contributed by atoms with Crippen LogP contribution >= 0.6 is 0 Å². The van der Waals surface area contributed by atoms with Gasteiger partial charge in [0.1, 0.15) is 11.6 Å². The SMILES string of the molecule is CCOc1ccccc1NC(=O)C(OC(=O)c1ccc2nnc(C)n2c1)c1ccccc1. The van der Waals surface area contributed by atoms with Crippen LogP contribution < -0.4 is 10.1 Å². The highest BCUT2D eigenvalue weighted by atomic mass is 16.5. The number of hydrogen-bond acceptors (Lipinski definition) is 6. The number of aromatic nitrogens is 3. The Morgan fingerprint density at radius 2 is 1.75 bits per heavy atom. The highest BCUT2D eigenvalue weighted by Crippen LogP contribution is 2.27. The van der Waals surface area contributed by atoms with Crippen LogP contribution in [-0.4, -0.2) is 33.1 Å². The third-order valence-corrected chi connectivity index (χ3v) is 4.82. The summed E-state index contributed by atoms with van der Waals surface area (Å²) in [4.78, 5) is 26.1. The summed E-state index contributed by atoms with van der Waals surface area (Å²) >= 11 is 0. The molecule has 0 aliphatic carbocycles. The number of hydrogen-bond donors (Lipinski definition) is 1. The van der Waals surface area contributed by atoms with Gasteiger partial charge in [-0.25, -0.2) is 4.79 Å². The average Bonchev–Trinajstić information content (AvgIpc) is 3.19. The number of anilines is 1. The van der Waals surface area contributed by atoms with Crippen molar-refractivity contribution in [1.29, 1.82) is 0 Å². The number of nitrogens with one attached hydrogen (secondary N) is 1. The second-order valence-corrected chi connectivity index (χ2v) is 7.01. The molecule has 2 aromatic carbocycles. The molecule has 4 aromatic rings. The quantitative estimate of drug-likeness (QED) is 0.446. The predicted octanol–water partition coefficient (Wildman–Crippen LogP) is 3.97. The fourth-order valence-electron chi connectivity index (χ4n) is 3.25. The van der Waals surface area contributed by atoms with E-state index >= 15 is 0 Å². The molecule has 1 unspecified atom stereocenters. The highest BCUT2D eigenvalue weighted by molar-refractivity contribution is 5.99. The van der Waals surface area contributed by atoms with E-state index in [1.807, 2.05) is 19.1 Å². The number of ether oxygens (including phenoxy) is 2. The van der Waals surface area contributed by atoms with E-state index in [1.54, 1.807) is 72.1 Å². The van der Waals surface area contributed by atoms with Crippen molar-refractivity contribution in [3.63, 3.8) is 0 Å². The van der Waals surface area contributed by atoms with E-state index in [4.69, 9.17) is 9.47 Å². The minimum atomic E-state index is -1.16. The lowest BCUT2D eigenvalue weighted by Crippen LogP contribution is -2.26. The number of aryl methyl sites for hydroxylation is 1. The molecule has 2 heterocycles. The molecule has 8 nitrogen and oxygen atoms in total. The first-order valence-corrected chi connectivity index (χ1v) is 10.2. The molecule has 4 rings (SSSR count). The number of fused-ring (bicyclic) bond motifs is 1. The van der Waals surface area contributed by atoms with Crippen LogP contribution in [0.15, 0.2) is 72.9 Å². The predicted molar refractivity (Wildman–Crippen MR) is 119 cm³/mol. The minimum Gasteiger partial charge on any atom is -0.492 e. The van der Waals surface area contributed by atoms with Crippen LogP contribution in [-0.2, 0) is 9.53 Å². The van der Waals surface area contributed by atoms with Gasteiger partial charge in [-0.2, -0.15) is 0 Å². The van der Waals surface area contributed by atoms with Gasteiger partial charge in [0.2, 0.25) is 6.10 Å². The van der Waals surface area contributed by atoms with Crippen molar-refractivity contribution in [3.05, 3.63) is 89.9 Å². The maximum absolute atomic E-state index is 13.2. The second kappa shape index (κ2) is 9.30. The van der Waals surface area contributed by atoms with Gasteiger partial charge in [-0.15, -0.1) is 10.2 Å².